The van der Waals surface area contributed by atoms with E-state index in [1.54, 1.807) is 6.07 Å². The maximum absolute atomic E-state index is 13.1. The fourth-order valence-electron chi connectivity index (χ4n) is 1.43. The van der Waals surface area contributed by atoms with Crippen LogP contribution < -0.4 is 11.1 Å². The van der Waals surface area contributed by atoms with Gasteiger partial charge < -0.3 is 11.1 Å². The zero-order valence-electron chi connectivity index (χ0n) is 8.98. The Morgan fingerprint density at radius 2 is 1.72 bits per heavy atom. The molecule has 18 heavy (non-hydrogen) atoms. The number of hydrogen-bond acceptors (Lipinski definition) is 2. The highest BCUT2D eigenvalue weighted by Gasteiger charge is 2.10. The van der Waals surface area contributed by atoms with Crippen molar-refractivity contribution in [2.45, 2.75) is 0 Å². The van der Waals surface area contributed by atoms with Gasteiger partial charge in [-0.3, -0.25) is 0 Å². The monoisotopic (exact) mass is 396 g/mol. The highest BCUT2D eigenvalue weighted by atomic mass is 127. The molecule has 2 aromatic rings. The predicted octanol–water partition coefficient (Wildman–Crippen LogP) is 5.06. The minimum atomic E-state index is -0.470. The molecular weight excluding hydrogens is 389 g/mol. The Morgan fingerprint density at radius 3 is 2.28 bits per heavy atom. The first-order valence-electron chi connectivity index (χ1n) is 4.94. The Bertz CT molecular complexity index is 582. The average Bonchev–Trinajstić information content (AvgIpc) is 2.25. The summed E-state index contributed by atoms with van der Waals surface area (Å²) in [5.74, 6) is -0.470. The SMILES string of the molecule is Nc1ccc(Nc2c(Cl)cc(F)cc2Cl)c(I)c1. The molecule has 2 rings (SSSR count). The number of nitrogens with one attached hydrogen (secondary N) is 1. The normalized spacial score (nSPS) is 10.4. The molecule has 2 aromatic carbocycles. The van der Waals surface area contributed by atoms with Gasteiger partial charge in [0.15, 0.2) is 0 Å². The smallest absolute Gasteiger partial charge is 0.126 e. The van der Waals surface area contributed by atoms with Crippen LogP contribution in [0.2, 0.25) is 10.0 Å². The Labute approximate surface area is 127 Å². The molecule has 0 saturated heterocycles. The van der Waals surface area contributed by atoms with E-state index in [0.717, 1.165) is 9.26 Å². The Morgan fingerprint density at radius 1 is 1.11 bits per heavy atom. The molecule has 0 heterocycles. The fourth-order valence-corrected chi connectivity index (χ4v) is 2.66. The predicted molar refractivity (Wildman–Crippen MR) is 83.3 cm³/mol. The molecule has 0 fully saturated rings. The van der Waals surface area contributed by atoms with E-state index in [4.69, 9.17) is 28.9 Å². The third kappa shape index (κ3) is 2.99. The van der Waals surface area contributed by atoms with Crippen molar-refractivity contribution in [1.29, 1.82) is 0 Å². The first kappa shape index (κ1) is 13.7. The van der Waals surface area contributed by atoms with Crippen LogP contribution >= 0.6 is 45.8 Å². The van der Waals surface area contributed by atoms with Crippen LogP contribution in [-0.2, 0) is 0 Å². The second kappa shape index (κ2) is 5.50. The van der Waals surface area contributed by atoms with Gasteiger partial charge in [-0.1, -0.05) is 23.2 Å². The van der Waals surface area contributed by atoms with E-state index >= 15 is 0 Å². The Balaban J connectivity index is 2.40. The quantitative estimate of drug-likeness (QED) is 0.549. The van der Waals surface area contributed by atoms with E-state index in [9.17, 15) is 4.39 Å². The van der Waals surface area contributed by atoms with Gasteiger partial charge >= 0.3 is 0 Å². The lowest BCUT2D eigenvalue weighted by atomic mass is 10.2. The molecule has 6 heteroatoms. The highest BCUT2D eigenvalue weighted by molar-refractivity contribution is 14.1. The van der Waals surface area contributed by atoms with Crippen molar-refractivity contribution in [3.63, 3.8) is 0 Å². The first-order valence-corrected chi connectivity index (χ1v) is 6.77. The van der Waals surface area contributed by atoms with Crippen molar-refractivity contribution in [2.24, 2.45) is 0 Å². The molecule has 0 saturated carbocycles. The summed E-state index contributed by atoms with van der Waals surface area (Å²) in [7, 11) is 0. The second-order valence-corrected chi connectivity index (χ2v) is 5.59. The zero-order valence-corrected chi connectivity index (χ0v) is 12.6. The van der Waals surface area contributed by atoms with Gasteiger partial charge in [0.25, 0.3) is 0 Å². The standard InChI is InChI=1S/C12H8Cl2FIN2/c13-8-3-6(15)4-9(14)12(8)18-11-2-1-7(17)5-10(11)16/h1-5,18H,17H2. The van der Waals surface area contributed by atoms with E-state index in [-0.39, 0.29) is 10.0 Å². The van der Waals surface area contributed by atoms with E-state index in [0.29, 0.717) is 11.4 Å². The minimum absolute atomic E-state index is 0.229. The minimum Gasteiger partial charge on any atom is -0.399 e. The van der Waals surface area contributed by atoms with Crippen LogP contribution in [0.25, 0.3) is 0 Å². The van der Waals surface area contributed by atoms with Crippen LogP contribution in [-0.4, -0.2) is 0 Å². The van der Waals surface area contributed by atoms with Crippen LogP contribution in [0.5, 0.6) is 0 Å². The molecule has 0 spiro atoms. The number of hydrogen-bond donors (Lipinski definition) is 2. The summed E-state index contributed by atoms with van der Waals surface area (Å²) in [6, 6.07) is 7.80. The largest absolute Gasteiger partial charge is 0.399 e. The van der Waals surface area contributed by atoms with Crippen molar-refractivity contribution < 1.29 is 4.39 Å². The maximum atomic E-state index is 13.1. The van der Waals surface area contributed by atoms with Gasteiger partial charge in [0.05, 0.1) is 21.4 Å². The average molecular weight is 397 g/mol. The molecule has 0 aliphatic rings. The van der Waals surface area contributed by atoms with Gasteiger partial charge in [-0.2, -0.15) is 0 Å². The molecule has 0 atom stereocenters. The summed E-state index contributed by atoms with van der Waals surface area (Å²) in [6.45, 7) is 0. The van der Waals surface area contributed by atoms with Crippen molar-refractivity contribution in [3.8, 4) is 0 Å². The van der Waals surface area contributed by atoms with Gasteiger partial charge in [-0.25, -0.2) is 4.39 Å². The highest BCUT2D eigenvalue weighted by Crippen LogP contribution is 2.35. The number of nitrogens with two attached hydrogens (primary N) is 1. The van der Waals surface area contributed by atoms with Gasteiger partial charge in [0.1, 0.15) is 5.82 Å². The molecule has 0 radical (unpaired) electrons. The zero-order chi connectivity index (χ0) is 13.3. The topological polar surface area (TPSA) is 38.0 Å². The lowest BCUT2D eigenvalue weighted by Crippen LogP contribution is -1.96. The molecule has 2 nitrogen and oxygen atoms in total. The van der Waals surface area contributed by atoms with Crippen LogP contribution in [0.3, 0.4) is 0 Å². The Kier molecular flexibility index (Phi) is 4.19. The number of anilines is 3. The van der Waals surface area contributed by atoms with Gasteiger partial charge in [0.2, 0.25) is 0 Å². The molecule has 0 aliphatic heterocycles. The van der Waals surface area contributed by atoms with E-state index in [1.165, 1.54) is 12.1 Å². The lowest BCUT2D eigenvalue weighted by molar-refractivity contribution is 0.628. The van der Waals surface area contributed by atoms with Crippen molar-refractivity contribution in [2.75, 3.05) is 11.1 Å². The molecule has 0 aromatic heterocycles. The van der Waals surface area contributed by atoms with E-state index in [2.05, 4.69) is 27.9 Å². The molecule has 3 N–H and O–H groups in total. The van der Waals surface area contributed by atoms with E-state index in [1.807, 2.05) is 12.1 Å². The van der Waals surface area contributed by atoms with E-state index < -0.39 is 5.82 Å². The van der Waals surface area contributed by atoms with Crippen LogP contribution in [0.15, 0.2) is 30.3 Å². The van der Waals surface area contributed by atoms with Gasteiger partial charge in [-0.15, -0.1) is 0 Å². The van der Waals surface area contributed by atoms with Crippen molar-refractivity contribution in [3.05, 3.63) is 49.8 Å². The van der Waals surface area contributed by atoms with Crippen molar-refractivity contribution in [1.82, 2.24) is 0 Å². The molecule has 94 valence electrons. The van der Waals surface area contributed by atoms with Crippen LogP contribution in [0.4, 0.5) is 21.5 Å². The van der Waals surface area contributed by atoms with Crippen LogP contribution in [0, 0.1) is 9.39 Å². The summed E-state index contributed by atoms with van der Waals surface area (Å²) in [6.07, 6.45) is 0. The summed E-state index contributed by atoms with van der Waals surface area (Å²) in [4.78, 5) is 0. The fraction of sp³-hybridized carbons (Fsp3) is 0. The van der Waals surface area contributed by atoms with Gasteiger partial charge in [0, 0.05) is 9.26 Å². The van der Waals surface area contributed by atoms with Crippen LogP contribution in [0.1, 0.15) is 0 Å². The summed E-state index contributed by atoms with van der Waals surface area (Å²) >= 11 is 14.0. The maximum Gasteiger partial charge on any atom is 0.126 e. The molecule has 0 unspecified atom stereocenters. The molecule has 0 aliphatic carbocycles. The summed E-state index contributed by atoms with van der Waals surface area (Å²) < 4.78 is 14.0. The number of halogens is 4. The molecule has 0 amide bonds. The molecule has 0 bridgehead atoms. The Hall–Kier alpha value is -0.720. The number of rotatable bonds is 2. The van der Waals surface area contributed by atoms with Crippen molar-refractivity contribution >= 4 is 62.9 Å². The second-order valence-electron chi connectivity index (χ2n) is 3.61. The molecular formula is C12H8Cl2FIN2. The summed E-state index contributed by atoms with van der Waals surface area (Å²) in [5, 5.41) is 3.53. The number of benzene rings is 2. The lowest BCUT2D eigenvalue weighted by Gasteiger charge is -2.12. The third-order valence-electron chi connectivity index (χ3n) is 2.26. The first-order chi connectivity index (χ1) is 8.47. The van der Waals surface area contributed by atoms with Gasteiger partial charge in [-0.05, 0) is 52.9 Å². The third-order valence-corrected chi connectivity index (χ3v) is 3.75. The number of nitrogen functional groups attached to an aromatic ring is 1. The summed E-state index contributed by atoms with van der Waals surface area (Å²) in [5.41, 5.74) is 7.61.